The second-order valence-electron chi connectivity index (χ2n) is 4.46. The molecule has 0 aliphatic carbocycles. The number of hydrogen-bond donors (Lipinski definition) is 2. The molecule has 0 aliphatic rings. The number of nitrogen functional groups attached to an aromatic ring is 1. The van der Waals surface area contributed by atoms with Gasteiger partial charge in [0, 0.05) is 28.0 Å². The molecule has 1 aromatic carbocycles. The summed E-state index contributed by atoms with van der Waals surface area (Å²) in [5.41, 5.74) is 6.72. The van der Waals surface area contributed by atoms with Crippen molar-refractivity contribution in [2.24, 2.45) is 0 Å². The van der Waals surface area contributed by atoms with E-state index < -0.39 is 12.8 Å². The molecule has 2 rings (SSSR count). The fourth-order valence-electron chi connectivity index (χ4n) is 1.69. The first-order valence-corrected chi connectivity index (χ1v) is 6.89. The molecular formula is C13H12BrF3N4O. The Hall–Kier alpha value is -2.03. The SMILES string of the molecule is Cc1cc(Nc2cc(Br)cc(OCC(F)(F)F)c2)nc(N)n1. The van der Waals surface area contributed by atoms with Crippen molar-refractivity contribution in [3.63, 3.8) is 0 Å². The maximum Gasteiger partial charge on any atom is 0.422 e. The van der Waals surface area contributed by atoms with E-state index in [4.69, 9.17) is 10.5 Å². The van der Waals surface area contributed by atoms with E-state index in [1.165, 1.54) is 12.1 Å². The molecule has 0 atom stereocenters. The van der Waals surface area contributed by atoms with Crippen LogP contribution in [0.1, 0.15) is 5.69 Å². The van der Waals surface area contributed by atoms with Crippen molar-refractivity contribution < 1.29 is 17.9 Å². The van der Waals surface area contributed by atoms with Crippen molar-refractivity contribution >= 4 is 33.4 Å². The number of rotatable bonds is 4. The molecule has 0 saturated heterocycles. The van der Waals surface area contributed by atoms with Crippen LogP contribution in [0.4, 0.5) is 30.6 Å². The summed E-state index contributed by atoms with van der Waals surface area (Å²) < 4.78 is 41.9. The Morgan fingerprint density at radius 1 is 1.23 bits per heavy atom. The lowest BCUT2D eigenvalue weighted by molar-refractivity contribution is -0.153. The Morgan fingerprint density at radius 2 is 1.95 bits per heavy atom. The molecule has 0 radical (unpaired) electrons. The van der Waals surface area contributed by atoms with Gasteiger partial charge in [-0.15, -0.1) is 0 Å². The summed E-state index contributed by atoms with van der Waals surface area (Å²) in [7, 11) is 0. The number of aryl methyl sites for hydroxylation is 1. The summed E-state index contributed by atoms with van der Waals surface area (Å²) in [4.78, 5) is 7.93. The van der Waals surface area contributed by atoms with Crippen molar-refractivity contribution in [1.82, 2.24) is 9.97 Å². The summed E-state index contributed by atoms with van der Waals surface area (Å²) in [6.07, 6.45) is -4.39. The van der Waals surface area contributed by atoms with Gasteiger partial charge in [0.2, 0.25) is 5.95 Å². The summed E-state index contributed by atoms with van der Waals surface area (Å²) in [6.45, 7) is 0.393. The lowest BCUT2D eigenvalue weighted by Crippen LogP contribution is -2.19. The number of benzene rings is 1. The average molecular weight is 377 g/mol. The van der Waals surface area contributed by atoms with Gasteiger partial charge in [-0.3, -0.25) is 0 Å². The van der Waals surface area contributed by atoms with Crippen LogP contribution in [0.5, 0.6) is 5.75 Å². The minimum absolute atomic E-state index is 0.0768. The first-order chi connectivity index (χ1) is 10.2. The molecule has 3 N–H and O–H groups in total. The van der Waals surface area contributed by atoms with E-state index in [1.807, 2.05) is 0 Å². The number of ether oxygens (including phenoxy) is 1. The number of hydrogen-bond acceptors (Lipinski definition) is 5. The highest BCUT2D eigenvalue weighted by Crippen LogP contribution is 2.28. The highest BCUT2D eigenvalue weighted by atomic mass is 79.9. The molecule has 0 bridgehead atoms. The highest BCUT2D eigenvalue weighted by molar-refractivity contribution is 9.10. The predicted molar refractivity (Wildman–Crippen MR) is 80.2 cm³/mol. The molecule has 1 heterocycles. The van der Waals surface area contributed by atoms with Crippen molar-refractivity contribution in [2.75, 3.05) is 17.7 Å². The molecule has 0 fully saturated rings. The third-order valence-electron chi connectivity index (χ3n) is 2.42. The normalized spacial score (nSPS) is 11.3. The summed E-state index contributed by atoms with van der Waals surface area (Å²) in [5.74, 6) is 0.615. The molecule has 1 aromatic heterocycles. The van der Waals surface area contributed by atoms with Gasteiger partial charge in [-0.25, -0.2) is 4.98 Å². The molecular weight excluding hydrogens is 365 g/mol. The molecule has 0 spiro atoms. The van der Waals surface area contributed by atoms with Crippen LogP contribution in [0.15, 0.2) is 28.7 Å². The van der Waals surface area contributed by atoms with Gasteiger partial charge in [-0.2, -0.15) is 18.2 Å². The van der Waals surface area contributed by atoms with Crippen LogP contribution in [0.2, 0.25) is 0 Å². The van der Waals surface area contributed by atoms with Gasteiger partial charge in [0.15, 0.2) is 6.61 Å². The minimum Gasteiger partial charge on any atom is -0.484 e. The van der Waals surface area contributed by atoms with Crippen LogP contribution >= 0.6 is 15.9 Å². The lowest BCUT2D eigenvalue weighted by atomic mass is 10.3. The minimum atomic E-state index is -4.39. The average Bonchev–Trinajstić information content (AvgIpc) is 2.33. The number of nitrogens with two attached hydrogens (primary N) is 1. The quantitative estimate of drug-likeness (QED) is 0.848. The first-order valence-electron chi connectivity index (χ1n) is 6.09. The zero-order chi connectivity index (χ0) is 16.3. The summed E-state index contributed by atoms with van der Waals surface area (Å²) in [6, 6.07) is 6.21. The molecule has 2 aromatic rings. The Bertz CT molecular complexity index is 659. The van der Waals surface area contributed by atoms with Crippen molar-refractivity contribution in [3.8, 4) is 5.75 Å². The van der Waals surface area contributed by atoms with Crippen LogP contribution in [-0.4, -0.2) is 22.8 Å². The van der Waals surface area contributed by atoms with Gasteiger partial charge < -0.3 is 15.8 Å². The third kappa shape index (κ3) is 5.06. The monoisotopic (exact) mass is 376 g/mol. The van der Waals surface area contributed by atoms with Crippen LogP contribution in [-0.2, 0) is 0 Å². The Balaban J connectivity index is 2.18. The molecule has 0 amide bonds. The molecule has 5 nitrogen and oxygen atoms in total. The maximum atomic E-state index is 12.2. The van der Waals surface area contributed by atoms with Gasteiger partial charge in [-0.1, -0.05) is 15.9 Å². The van der Waals surface area contributed by atoms with E-state index in [1.54, 1.807) is 19.1 Å². The van der Waals surface area contributed by atoms with Crippen molar-refractivity contribution in [2.45, 2.75) is 13.1 Å². The highest BCUT2D eigenvalue weighted by Gasteiger charge is 2.28. The van der Waals surface area contributed by atoms with E-state index in [-0.39, 0.29) is 11.7 Å². The molecule has 0 unspecified atom stereocenters. The standard InChI is InChI=1S/C13H12BrF3N4O/c1-7-2-11(21-12(18)19-7)20-9-3-8(14)4-10(5-9)22-6-13(15,16)17/h2-5H,6H2,1H3,(H3,18,19,20,21). The maximum absolute atomic E-state index is 12.2. The van der Waals surface area contributed by atoms with E-state index in [2.05, 4.69) is 31.2 Å². The number of nitrogens with zero attached hydrogens (tertiary/aromatic N) is 2. The zero-order valence-electron chi connectivity index (χ0n) is 11.4. The van der Waals surface area contributed by atoms with Crippen LogP contribution in [0, 0.1) is 6.92 Å². The summed E-state index contributed by atoms with van der Waals surface area (Å²) >= 11 is 3.22. The second-order valence-corrected chi connectivity index (χ2v) is 5.37. The fourth-order valence-corrected chi connectivity index (χ4v) is 2.16. The Kier molecular flexibility index (Phi) is 4.74. The predicted octanol–water partition coefficient (Wildman–Crippen LogP) is 3.81. The molecule has 0 saturated carbocycles. The van der Waals surface area contributed by atoms with E-state index in [0.717, 1.165) is 0 Å². The molecule has 9 heteroatoms. The third-order valence-corrected chi connectivity index (χ3v) is 2.88. The number of nitrogens with one attached hydrogen (secondary N) is 1. The zero-order valence-corrected chi connectivity index (χ0v) is 13.0. The number of alkyl halides is 3. The van der Waals surface area contributed by atoms with Crippen LogP contribution in [0.3, 0.4) is 0 Å². The van der Waals surface area contributed by atoms with E-state index >= 15 is 0 Å². The number of aromatic nitrogens is 2. The van der Waals surface area contributed by atoms with Crippen molar-refractivity contribution in [1.29, 1.82) is 0 Å². The smallest absolute Gasteiger partial charge is 0.422 e. The largest absolute Gasteiger partial charge is 0.484 e. The molecule has 22 heavy (non-hydrogen) atoms. The van der Waals surface area contributed by atoms with Crippen molar-refractivity contribution in [3.05, 3.63) is 34.4 Å². The van der Waals surface area contributed by atoms with Crippen LogP contribution in [0.25, 0.3) is 0 Å². The number of anilines is 3. The lowest BCUT2D eigenvalue weighted by Gasteiger charge is -2.12. The molecule has 118 valence electrons. The van der Waals surface area contributed by atoms with Gasteiger partial charge in [-0.05, 0) is 19.1 Å². The van der Waals surface area contributed by atoms with Gasteiger partial charge >= 0.3 is 6.18 Å². The second kappa shape index (κ2) is 6.39. The topological polar surface area (TPSA) is 73.1 Å². The Morgan fingerprint density at radius 3 is 2.59 bits per heavy atom. The van der Waals surface area contributed by atoms with E-state index in [9.17, 15) is 13.2 Å². The molecule has 0 aliphatic heterocycles. The van der Waals surface area contributed by atoms with Crippen LogP contribution < -0.4 is 15.8 Å². The van der Waals surface area contributed by atoms with Gasteiger partial charge in [0.25, 0.3) is 0 Å². The number of halogens is 4. The van der Waals surface area contributed by atoms with E-state index in [0.29, 0.717) is 21.7 Å². The van der Waals surface area contributed by atoms with Gasteiger partial charge in [0.05, 0.1) is 0 Å². The summed E-state index contributed by atoms with van der Waals surface area (Å²) in [5, 5.41) is 2.94. The fraction of sp³-hybridized carbons (Fsp3) is 0.231. The first kappa shape index (κ1) is 16.3. The van der Waals surface area contributed by atoms with Gasteiger partial charge in [0.1, 0.15) is 11.6 Å². The Labute approximate surface area is 132 Å².